The predicted octanol–water partition coefficient (Wildman–Crippen LogP) is 1.66. The highest BCUT2D eigenvalue weighted by Crippen LogP contribution is 2.07. The number of sulfonamides is 1. The Bertz CT molecular complexity index is 514. The van der Waals surface area contributed by atoms with Gasteiger partial charge in [-0.1, -0.05) is 38.0 Å². The normalized spacial score (nSPS) is 12.9. The minimum atomic E-state index is -3.65. The molecule has 0 heterocycles. The van der Waals surface area contributed by atoms with Crippen LogP contribution in [0.5, 0.6) is 0 Å². The standard InChI is InChI=1S/C14H22N2O3S/c1-3-4-8-11-15-14(17)12(2)16-20(18,19)13-9-6-5-7-10-13/h5-7,9-10,12,16H,3-4,8,11H2,1-2H3,(H,15,17). The molecule has 1 amide bonds. The van der Waals surface area contributed by atoms with Gasteiger partial charge in [-0.15, -0.1) is 0 Å². The molecule has 0 aromatic heterocycles. The summed E-state index contributed by atoms with van der Waals surface area (Å²) in [5.41, 5.74) is 0. The minimum absolute atomic E-state index is 0.158. The van der Waals surface area contributed by atoms with Gasteiger partial charge in [-0.05, 0) is 25.5 Å². The molecule has 0 saturated heterocycles. The van der Waals surface area contributed by atoms with Gasteiger partial charge in [-0.3, -0.25) is 4.79 Å². The SMILES string of the molecule is CCCCCNC(=O)C(C)NS(=O)(=O)c1ccccc1. The zero-order valence-corrected chi connectivity index (χ0v) is 12.7. The molecule has 0 fully saturated rings. The van der Waals surface area contributed by atoms with Gasteiger partial charge in [0.2, 0.25) is 15.9 Å². The molecule has 1 rings (SSSR count). The number of benzene rings is 1. The second-order valence-electron chi connectivity index (χ2n) is 4.65. The molecule has 1 unspecified atom stereocenters. The Labute approximate surface area is 120 Å². The fraction of sp³-hybridized carbons (Fsp3) is 0.500. The molecule has 1 atom stereocenters. The van der Waals surface area contributed by atoms with Gasteiger partial charge in [0.15, 0.2) is 0 Å². The molecular formula is C14H22N2O3S. The van der Waals surface area contributed by atoms with E-state index in [0.29, 0.717) is 6.54 Å². The molecule has 1 aromatic rings. The highest BCUT2D eigenvalue weighted by molar-refractivity contribution is 7.89. The molecule has 0 bridgehead atoms. The summed E-state index contributed by atoms with van der Waals surface area (Å²) in [6.45, 7) is 4.19. The maximum absolute atomic E-state index is 12.0. The molecule has 6 heteroatoms. The number of rotatable bonds is 8. The van der Waals surface area contributed by atoms with Gasteiger partial charge in [0.05, 0.1) is 10.9 Å². The van der Waals surface area contributed by atoms with Crippen molar-refractivity contribution in [3.63, 3.8) is 0 Å². The van der Waals surface area contributed by atoms with Gasteiger partial charge in [0, 0.05) is 6.54 Å². The van der Waals surface area contributed by atoms with E-state index in [-0.39, 0.29) is 10.8 Å². The van der Waals surface area contributed by atoms with Crippen LogP contribution in [-0.2, 0) is 14.8 Å². The summed E-state index contributed by atoms with van der Waals surface area (Å²) in [5.74, 6) is -0.305. The zero-order valence-electron chi connectivity index (χ0n) is 11.9. The molecule has 2 N–H and O–H groups in total. The van der Waals surface area contributed by atoms with Gasteiger partial charge in [-0.25, -0.2) is 8.42 Å². The third-order valence-corrected chi connectivity index (χ3v) is 4.41. The molecule has 0 saturated carbocycles. The van der Waals surface area contributed by atoms with Crippen molar-refractivity contribution in [3.05, 3.63) is 30.3 Å². The van der Waals surface area contributed by atoms with Crippen LogP contribution in [0.1, 0.15) is 33.1 Å². The summed E-state index contributed by atoms with van der Waals surface area (Å²) in [4.78, 5) is 11.9. The minimum Gasteiger partial charge on any atom is -0.355 e. The van der Waals surface area contributed by atoms with E-state index in [0.717, 1.165) is 19.3 Å². The van der Waals surface area contributed by atoms with Crippen molar-refractivity contribution in [1.29, 1.82) is 0 Å². The Morgan fingerprint density at radius 1 is 1.20 bits per heavy atom. The lowest BCUT2D eigenvalue weighted by atomic mass is 10.2. The number of carbonyl (C=O) groups excluding carboxylic acids is 1. The lowest BCUT2D eigenvalue weighted by molar-refractivity contribution is -0.122. The maximum atomic E-state index is 12.0. The Hall–Kier alpha value is -1.40. The third-order valence-electron chi connectivity index (χ3n) is 2.86. The van der Waals surface area contributed by atoms with Crippen LogP contribution < -0.4 is 10.0 Å². The van der Waals surface area contributed by atoms with E-state index in [2.05, 4.69) is 17.0 Å². The molecule has 0 aliphatic carbocycles. The summed E-state index contributed by atoms with van der Waals surface area (Å²) in [7, 11) is -3.65. The van der Waals surface area contributed by atoms with Gasteiger partial charge in [0.1, 0.15) is 0 Å². The Morgan fingerprint density at radius 2 is 1.85 bits per heavy atom. The van der Waals surface area contributed by atoms with Crippen LogP contribution in [0.2, 0.25) is 0 Å². The van der Waals surface area contributed by atoms with Crippen molar-refractivity contribution in [2.24, 2.45) is 0 Å². The molecule has 0 aliphatic rings. The van der Waals surface area contributed by atoms with Gasteiger partial charge in [-0.2, -0.15) is 4.72 Å². The highest BCUT2D eigenvalue weighted by atomic mass is 32.2. The molecular weight excluding hydrogens is 276 g/mol. The molecule has 5 nitrogen and oxygen atoms in total. The van der Waals surface area contributed by atoms with Crippen LogP contribution in [0.4, 0.5) is 0 Å². The first-order valence-corrected chi connectivity index (χ1v) is 8.30. The van der Waals surface area contributed by atoms with Gasteiger partial charge >= 0.3 is 0 Å². The second kappa shape index (κ2) is 8.01. The quantitative estimate of drug-likeness (QED) is 0.717. The van der Waals surface area contributed by atoms with E-state index in [1.807, 2.05) is 0 Å². The first-order valence-electron chi connectivity index (χ1n) is 6.82. The van der Waals surface area contributed by atoms with Crippen molar-refractivity contribution < 1.29 is 13.2 Å². The summed E-state index contributed by atoms with van der Waals surface area (Å²) in [6.07, 6.45) is 3.02. The topological polar surface area (TPSA) is 75.3 Å². The van der Waals surface area contributed by atoms with Crippen molar-refractivity contribution in [2.45, 2.75) is 44.0 Å². The van der Waals surface area contributed by atoms with E-state index in [4.69, 9.17) is 0 Å². The first kappa shape index (κ1) is 16.7. The summed E-state index contributed by atoms with van der Waals surface area (Å²) in [6, 6.07) is 7.22. The number of carbonyl (C=O) groups is 1. The molecule has 0 aliphatic heterocycles. The largest absolute Gasteiger partial charge is 0.355 e. The number of nitrogens with one attached hydrogen (secondary N) is 2. The predicted molar refractivity (Wildman–Crippen MR) is 78.8 cm³/mol. The summed E-state index contributed by atoms with van der Waals surface area (Å²) in [5, 5.41) is 2.73. The molecule has 0 radical (unpaired) electrons. The van der Waals surface area contributed by atoms with E-state index in [1.54, 1.807) is 18.2 Å². The van der Waals surface area contributed by atoms with Crippen molar-refractivity contribution in [1.82, 2.24) is 10.0 Å². The van der Waals surface area contributed by atoms with Crippen molar-refractivity contribution in [2.75, 3.05) is 6.54 Å². The van der Waals surface area contributed by atoms with Crippen LogP contribution >= 0.6 is 0 Å². The van der Waals surface area contributed by atoms with E-state index >= 15 is 0 Å². The van der Waals surface area contributed by atoms with E-state index in [1.165, 1.54) is 19.1 Å². The van der Waals surface area contributed by atoms with Crippen molar-refractivity contribution >= 4 is 15.9 Å². The van der Waals surface area contributed by atoms with Crippen molar-refractivity contribution in [3.8, 4) is 0 Å². The Kier molecular flexibility index (Phi) is 6.67. The fourth-order valence-corrected chi connectivity index (χ4v) is 2.92. The molecule has 0 spiro atoms. The smallest absolute Gasteiger partial charge is 0.241 e. The third kappa shape index (κ3) is 5.30. The maximum Gasteiger partial charge on any atom is 0.241 e. The molecule has 1 aromatic carbocycles. The number of amides is 1. The highest BCUT2D eigenvalue weighted by Gasteiger charge is 2.21. The average molecular weight is 298 g/mol. The number of unbranched alkanes of at least 4 members (excludes halogenated alkanes) is 2. The Balaban J connectivity index is 2.53. The van der Waals surface area contributed by atoms with Gasteiger partial charge < -0.3 is 5.32 Å². The summed E-state index contributed by atoms with van der Waals surface area (Å²) >= 11 is 0. The van der Waals surface area contributed by atoms with Crippen LogP contribution in [0.3, 0.4) is 0 Å². The zero-order chi connectivity index (χ0) is 15.0. The monoisotopic (exact) mass is 298 g/mol. The number of hydrogen-bond donors (Lipinski definition) is 2. The second-order valence-corrected chi connectivity index (χ2v) is 6.37. The molecule has 20 heavy (non-hydrogen) atoms. The van der Waals surface area contributed by atoms with Crippen LogP contribution in [-0.4, -0.2) is 26.9 Å². The fourth-order valence-electron chi connectivity index (χ4n) is 1.69. The lowest BCUT2D eigenvalue weighted by Crippen LogP contribution is -2.44. The van der Waals surface area contributed by atoms with Crippen LogP contribution in [0.25, 0.3) is 0 Å². The lowest BCUT2D eigenvalue weighted by Gasteiger charge is -2.14. The first-order chi connectivity index (χ1) is 9.47. The Morgan fingerprint density at radius 3 is 2.45 bits per heavy atom. The number of hydrogen-bond acceptors (Lipinski definition) is 3. The van der Waals surface area contributed by atoms with Crippen LogP contribution in [0, 0.1) is 0 Å². The van der Waals surface area contributed by atoms with E-state index in [9.17, 15) is 13.2 Å². The van der Waals surface area contributed by atoms with Crippen LogP contribution in [0.15, 0.2) is 35.2 Å². The average Bonchev–Trinajstić information content (AvgIpc) is 2.44. The van der Waals surface area contributed by atoms with E-state index < -0.39 is 16.1 Å². The van der Waals surface area contributed by atoms with Gasteiger partial charge in [0.25, 0.3) is 0 Å². The summed E-state index contributed by atoms with van der Waals surface area (Å²) < 4.78 is 26.4. The molecule has 112 valence electrons.